The Morgan fingerprint density at radius 1 is 0.447 bits per heavy atom. The SMILES string of the molecule is CCNc1cc(C#CC2=C(c3ccccc3)C(c3ccccc3)=C(C#Cc3cc(NCC)cc(NCC)c3)[Si]2(C)C)cc(NCC)c1. The lowest BCUT2D eigenvalue weighted by Gasteiger charge is -2.19. The molecule has 5 rings (SSSR count). The molecule has 0 saturated heterocycles. The molecule has 0 amide bonds. The first-order valence-electron chi connectivity index (χ1n) is 16.8. The Bertz CT molecular complexity index is 1710. The van der Waals surface area contributed by atoms with Crippen LogP contribution in [-0.2, 0) is 0 Å². The summed E-state index contributed by atoms with van der Waals surface area (Å²) in [6, 6.07) is 34.3. The van der Waals surface area contributed by atoms with Crippen molar-refractivity contribution in [2.75, 3.05) is 47.4 Å². The van der Waals surface area contributed by atoms with E-state index in [1.165, 1.54) is 32.7 Å². The van der Waals surface area contributed by atoms with E-state index in [0.717, 1.165) is 60.1 Å². The number of hydrogen-bond acceptors (Lipinski definition) is 4. The van der Waals surface area contributed by atoms with Crippen LogP contribution in [0.5, 0.6) is 0 Å². The number of benzene rings is 4. The molecule has 0 radical (unpaired) electrons. The standard InChI is InChI=1S/C42H46N4Si/c1-7-43-35-25-31(26-36(29-35)44-8-2)21-23-39-41(33-17-13-11-14-18-33)42(34-19-15-12-16-20-34)40(47(39,5)6)24-22-32-27-37(45-9-3)30-38(28-32)46-10-4/h11-20,25-30,43-46H,7-10H2,1-6H3. The molecular formula is C42H46N4Si. The number of hydrogen-bond donors (Lipinski definition) is 4. The van der Waals surface area contributed by atoms with Crippen molar-refractivity contribution in [3.05, 3.63) is 130 Å². The third-order valence-corrected chi connectivity index (χ3v) is 11.4. The summed E-state index contributed by atoms with van der Waals surface area (Å²) >= 11 is 0. The first-order chi connectivity index (χ1) is 22.9. The van der Waals surface area contributed by atoms with Crippen LogP contribution in [0.1, 0.15) is 49.9 Å². The predicted molar refractivity (Wildman–Crippen MR) is 208 cm³/mol. The third kappa shape index (κ3) is 7.83. The number of rotatable bonds is 10. The maximum Gasteiger partial charge on any atom is 0.135 e. The maximum atomic E-state index is 3.76. The molecule has 1 aliphatic rings. The van der Waals surface area contributed by atoms with E-state index in [1.807, 2.05) is 0 Å². The minimum Gasteiger partial charge on any atom is -0.385 e. The second-order valence-corrected chi connectivity index (χ2v) is 16.3. The average molecular weight is 635 g/mol. The molecule has 1 heterocycles. The Morgan fingerprint density at radius 3 is 1.06 bits per heavy atom. The molecule has 4 nitrogen and oxygen atoms in total. The Morgan fingerprint density at radius 2 is 0.766 bits per heavy atom. The first kappa shape index (κ1) is 33.3. The Kier molecular flexibility index (Phi) is 10.9. The van der Waals surface area contributed by atoms with Crippen molar-refractivity contribution in [3.8, 4) is 23.7 Å². The summed E-state index contributed by atoms with van der Waals surface area (Å²) < 4.78 is 0. The highest BCUT2D eigenvalue weighted by Gasteiger charge is 2.41. The van der Waals surface area contributed by atoms with Crippen LogP contribution in [0.4, 0.5) is 22.7 Å². The van der Waals surface area contributed by atoms with E-state index >= 15 is 0 Å². The lowest BCUT2D eigenvalue weighted by Crippen LogP contribution is -2.29. The Labute approximate surface area is 282 Å². The first-order valence-corrected chi connectivity index (χ1v) is 19.8. The van der Waals surface area contributed by atoms with Gasteiger partial charge >= 0.3 is 0 Å². The van der Waals surface area contributed by atoms with Crippen LogP contribution in [0, 0.1) is 23.7 Å². The molecule has 0 fully saturated rings. The molecule has 1 aliphatic heterocycles. The minimum atomic E-state index is -2.36. The molecule has 4 aromatic rings. The van der Waals surface area contributed by atoms with E-state index in [1.54, 1.807) is 0 Å². The summed E-state index contributed by atoms with van der Waals surface area (Å²) in [7, 11) is -2.36. The largest absolute Gasteiger partial charge is 0.385 e. The normalized spacial score (nSPS) is 13.3. The molecule has 4 N–H and O–H groups in total. The van der Waals surface area contributed by atoms with Gasteiger partial charge in [-0.1, -0.05) is 97.4 Å². The van der Waals surface area contributed by atoms with Gasteiger partial charge in [0.15, 0.2) is 0 Å². The van der Waals surface area contributed by atoms with E-state index < -0.39 is 8.07 Å². The van der Waals surface area contributed by atoms with Crippen LogP contribution in [0.3, 0.4) is 0 Å². The second-order valence-electron chi connectivity index (χ2n) is 12.1. The van der Waals surface area contributed by atoms with Crippen LogP contribution in [0.15, 0.2) is 107 Å². The molecular weight excluding hydrogens is 589 g/mol. The van der Waals surface area contributed by atoms with Crippen LogP contribution in [0.25, 0.3) is 11.1 Å². The monoisotopic (exact) mass is 634 g/mol. The van der Waals surface area contributed by atoms with Crippen LogP contribution in [-0.4, -0.2) is 34.3 Å². The van der Waals surface area contributed by atoms with Crippen LogP contribution < -0.4 is 21.3 Å². The van der Waals surface area contributed by atoms with Gasteiger partial charge in [0.1, 0.15) is 8.07 Å². The van der Waals surface area contributed by atoms with Gasteiger partial charge in [-0.25, -0.2) is 0 Å². The van der Waals surface area contributed by atoms with Gasteiger partial charge in [-0.3, -0.25) is 0 Å². The van der Waals surface area contributed by atoms with E-state index in [4.69, 9.17) is 0 Å². The molecule has 0 saturated carbocycles. The summed E-state index contributed by atoms with van der Waals surface area (Å²) in [6.45, 7) is 16.7. The van der Waals surface area contributed by atoms with Crippen molar-refractivity contribution in [2.45, 2.75) is 40.8 Å². The quantitative estimate of drug-likeness (QED) is 0.104. The summed E-state index contributed by atoms with van der Waals surface area (Å²) in [5.41, 5.74) is 11.0. The van der Waals surface area contributed by atoms with Crippen molar-refractivity contribution >= 4 is 42.0 Å². The van der Waals surface area contributed by atoms with E-state index in [-0.39, 0.29) is 0 Å². The highest BCUT2D eigenvalue weighted by Crippen LogP contribution is 2.48. The van der Waals surface area contributed by atoms with Gasteiger partial charge in [0.25, 0.3) is 0 Å². The van der Waals surface area contributed by atoms with Crippen molar-refractivity contribution in [1.29, 1.82) is 0 Å². The molecule has 0 bridgehead atoms. The summed E-state index contributed by atoms with van der Waals surface area (Å²) in [5, 5.41) is 16.3. The minimum absolute atomic E-state index is 0.853. The molecule has 0 aromatic heterocycles. The van der Waals surface area contributed by atoms with Gasteiger partial charge in [0.2, 0.25) is 0 Å². The number of nitrogens with one attached hydrogen (secondary N) is 4. The Hall–Kier alpha value is -5.10. The lowest BCUT2D eigenvalue weighted by molar-refractivity contribution is 1.19. The van der Waals surface area contributed by atoms with Crippen molar-refractivity contribution in [1.82, 2.24) is 0 Å². The second kappa shape index (κ2) is 15.5. The number of anilines is 4. The molecule has 0 aliphatic carbocycles. The smallest absolute Gasteiger partial charge is 0.135 e. The zero-order chi connectivity index (χ0) is 33.2. The molecule has 0 unspecified atom stereocenters. The molecule has 0 atom stereocenters. The summed E-state index contributed by atoms with van der Waals surface area (Å²) in [4.78, 5) is 0. The molecule has 4 aromatic carbocycles. The highest BCUT2D eigenvalue weighted by molar-refractivity contribution is 6.96. The molecule has 238 valence electrons. The van der Waals surface area contributed by atoms with Gasteiger partial charge in [-0.2, -0.15) is 0 Å². The van der Waals surface area contributed by atoms with Crippen molar-refractivity contribution in [3.63, 3.8) is 0 Å². The van der Waals surface area contributed by atoms with Crippen LogP contribution in [0.2, 0.25) is 13.1 Å². The lowest BCUT2D eigenvalue weighted by atomic mass is 9.91. The van der Waals surface area contributed by atoms with Gasteiger partial charge in [0, 0.05) is 70.4 Å². The average Bonchev–Trinajstić information content (AvgIpc) is 3.29. The van der Waals surface area contributed by atoms with Gasteiger partial charge in [-0.05, 0) is 86.4 Å². The topological polar surface area (TPSA) is 48.1 Å². The maximum absolute atomic E-state index is 3.76. The molecule has 47 heavy (non-hydrogen) atoms. The zero-order valence-corrected chi connectivity index (χ0v) is 29.6. The van der Waals surface area contributed by atoms with E-state index in [0.29, 0.717) is 0 Å². The molecule has 5 heteroatoms. The van der Waals surface area contributed by atoms with Crippen molar-refractivity contribution < 1.29 is 0 Å². The van der Waals surface area contributed by atoms with Gasteiger partial charge in [0.05, 0.1) is 0 Å². The highest BCUT2D eigenvalue weighted by atomic mass is 28.3. The van der Waals surface area contributed by atoms with Gasteiger partial charge in [-0.15, -0.1) is 0 Å². The fourth-order valence-corrected chi connectivity index (χ4v) is 8.91. The Balaban J connectivity index is 1.73. The summed E-state index contributed by atoms with van der Waals surface area (Å²) in [6.07, 6.45) is 0. The van der Waals surface area contributed by atoms with Gasteiger partial charge < -0.3 is 21.3 Å². The van der Waals surface area contributed by atoms with Crippen LogP contribution >= 0.6 is 0 Å². The molecule has 0 spiro atoms. The van der Waals surface area contributed by atoms with E-state index in [9.17, 15) is 0 Å². The third-order valence-electron chi connectivity index (χ3n) is 8.18. The predicted octanol–water partition coefficient (Wildman–Crippen LogP) is 9.52. The van der Waals surface area contributed by atoms with E-state index in [2.05, 4.69) is 183 Å². The fraction of sp³-hybridized carbons (Fsp3) is 0.238. The number of allylic oxidation sites excluding steroid dienone is 4. The summed E-state index contributed by atoms with van der Waals surface area (Å²) in [5.74, 6) is 14.7. The van der Waals surface area contributed by atoms with Crippen molar-refractivity contribution in [2.24, 2.45) is 0 Å². The fourth-order valence-electron chi connectivity index (χ4n) is 6.12. The zero-order valence-electron chi connectivity index (χ0n) is 28.6.